The molecule has 0 saturated carbocycles. The van der Waals surface area contributed by atoms with Crippen LogP contribution in [0.2, 0.25) is 0 Å². The van der Waals surface area contributed by atoms with E-state index in [2.05, 4.69) is 13.8 Å². The Morgan fingerprint density at radius 1 is 1.38 bits per heavy atom. The van der Waals surface area contributed by atoms with Crippen LogP contribution >= 0.6 is 22.0 Å². The van der Waals surface area contributed by atoms with E-state index in [0.717, 1.165) is 6.42 Å². The maximum absolute atomic E-state index is 12.7. The fourth-order valence-electron chi connectivity index (χ4n) is 2.94. The predicted octanol–water partition coefficient (Wildman–Crippen LogP) is 3.49. The summed E-state index contributed by atoms with van der Waals surface area (Å²) in [6, 6.07) is 1.56. The van der Waals surface area contributed by atoms with Crippen LogP contribution in [0, 0.1) is 18.8 Å². The van der Waals surface area contributed by atoms with Gasteiger partial charge in [-0.05, 0) is 38.2 Å². The molecule has 0 radical (unpaired) electrons. The van der Waals surface area contributed by atoms with E-state index in [9.17, 15) is 13.2 Å². The lowest BCUT2D eigenvalue weighted by Crippen LogP contribution is -2.48. The summed E-state index contributed by atoms with van der Waals surface area (Å²) in [4.78, 5) is 15.6. The Morgan fingerprint density at radius 2 is 2.00 bits per heavy atom. The van der Waals surface area contributed by atoms with Crippen molar-refractivity contribution >= 4 is 37.0 Å². The zero-order valence-corrected chi connectivity index (χ0v) is 15.0. The summed E-state index contributed by atoms with van der Waals surface area (Å²) in [6.45, 7) is 8.71. The number of halogens is 1. The Bertz CT molecular complexity index is 653. The maximum atomic E-state index is 12.7. The molecule has 4 nitrogen and oxygen atoms in total. The SMILES string of the molecule is Cc1sc(C(=O)N2CC(C)CC(C)C2C)cc1S(=O)(=O)Cl. The molecular weight excluding hydrogens is 330 g/mol. The number of piperidine rings is 1. The van der Waals surface area contributed by atoms with Gasteiger partial charge in [0.15, 0.2) is 0 Å². The Labute approximate surface area is 134 Å². The average molecular weight is 350 g/mol. The highest BCUT2D eigenvalue weighted by atomic mass is 35.7. The number of hydrogen-bond acceptors (Lipinski definition) is 4. The van der Waals surface area contributed by atoms with Gasteiger partial charge < -0.3 is 4.90 Å². The second-order valence-corrected chi connectivity index (χ2v) is 9.78. The second kappa shape index (κ2) is 5.89. The normalized spacial score (nSPS) is 26.9. The first-order valence-corrected chi connectivity index (χ1v) is 10.1. The molecule has 0 bridgehead atoms. The predicted molar refractivity (Wildman–Crippen MR) is 85.5 cm³/mol. The van der Waals surface area contributed by atoms with E-state index in [-0.39, 0.29) is 16.8 Å². The topological polar surface area (TPSA) is 54.5 Å². The number of nitrogens with zero attached hydrogens (tertiary/aromatic N) is 1. The highest BCUT2D eigenvalue weighted by molar-refractivity contribution is 8.13. The summed E-state index contributed by atoms with van der Waals surface area (Å²) in [5.74, 6) is 0.799. The number of carbonyl (C=O) groups excluding carboxylic acids is 1. The van der Waals surface area contributed by atoms with Crippen molar-refractivity contribution in [3.8, 4) is 0 Å². The highest BCUT2D eigenvalue weighted by Gasteiger charge is 2.33. The lowest BCUT2D eigenvalue weighted by Gasteiger charge is -2.40. The molecule has 0 spiro atoms. The molecule has 118 valence electrons. The van der Waals surface area contributed by atoms with Gasteiger partial charge in [0, 0.05) is 28.1 Å². The summed E-state index contributed by atoms with van der Waals surface area (Å²) in [7, 11) is 1.60. The van der Waals surface area contributed by atoms with Crippen molar-refractivity contribution in [2.75, 3.05) is 6.54 Å². The van der Waals surface area contributed by atoms with Gasteiger partial charge in [-0.2, -0.15) is 0 Å². The van der Waals surface area contributed by atoms with Crippen LogP contribution in [0.3, 0.4) is 0 Å². The van der Waals surface area contributed by atoms with Crippen LogP contribution in [0.15, 0.2) is 11.0 Å². The summed E-state index contributed by atoms with van der Waals surface area (Å²) in [5, 5.41) is 0. The molecule has 0 N–H and O–H groups in total. The standard InChI is InChI=1S/C14H20ClNO3S2/c1-8-5-9(2)10(3)16(7-8)14(17)12-6-13(11(4)20-12)21(15,18)19/h6,8-10H,5,7H2,1-4H3. The molecule has 0 aliphatic carbocycles. The maximum Gasteiger partial charge on any atom is 0.264 e. The molecule has 7 heteroatoms. The van der Waals surface area contributed by atoms with E-state index in [4.69, 9.17) is 10.7 Å². The smallest absolute Gasteiger partial charge is 0.264 e. The first-order valence-electron chi connectivity index (χ1n) is 6.97. The average Bonchev–Trinajstić information content (AvgIpc) is 2.75. The summed E-state index contributed by atoms with van der Waals surface area (Å²) < 4.78 is 23.0. The number of hydrogen-bond donors (Lipinski definition) is 0. The van der Waals surface area contributed by atoms with Crippen molar-refractivity contribution in [2.45, 2.75) is 45.1 Å². The van der Waals surface area contributed by atoms with Crippen LogP contribution in [0.4, 0.5) is 0 Å². The molecule has 2 heterocycles. The van der Waals surface area contributed by atoms with Gasteiger partial charge in [-0.3, -0.25) is 4.79 Å². The van der Waals surface area contributed by atoms with E-state index in [0.29, 0.717) is 28.1 Å². The minimum Gasteiger partial charge on any atom is -0.335 e. The molecule has 1 saturated heterocycles. The van der Waals surface area contributed by atoms with E-state index >= 15 is 0 Å². The third-order valence-corrected chi connectivity index (χ3v) is 6.82. The molecular formula is C14H20ClNO3S2. The Kier molecular flexibility index (Phi) is 4.71. The molecule has 1 aromatic heterocycles. The number of aryl methyl sites for hydroxylation is 1. The van der Waals surface area contributed by atoms with Crippen LogP contribution in [0.5, 0.6) is 0 Å². The van der Waals surface area contributed by atoms with Crippen LogP contribution in [0.1, 0.15) is 41.7 Å². The Hall–Kier alpha value is -0.590. The Balaban J connectivity index is 2.32. The monoisotopic (exact) mass is 349 g/mol. The van der Waals surface area contributed by atoms with Crippen molar-refractivity contribution < 1.29 is 13.2 Å². The van der Waals surface area contributed by atoms with Gasteiger partial charge in [0.05, 0.1) is 9.77 Å². The van der Waals surface area contributed by atoms with Gasteiger partial charge in [0.2, 0.25) is 0 Å². The number of rotatable bonds is 2. The molecule has 21 heavy (non-hydrogen) atoms. The highest BCUT2D eigenvalue weighted by Crippen LogP contribution is 2.32. The van der Waals surface area contributed by atoms with Crippen LogP contribution in [0.25, 0.3) is 0 Å². The van der Waals surface area contributed by atoms with Crippen molar-refractivity contribution in [3.63, 3.8) is 0 Å². The van der Waals surface area contributed by atoms with E-state index in [1.165, 1.54) is 17.4 Å². The quantitative estimate of drug-likeness (QED) is 0.768. The van der Waals surface area contributed by atoms with Gasteiger partial charge >= 0.3 is 0 Å². The summed E-state index contributed by atoms with van der Waals surface area (Å²) >= 11 is 1.19. The van der Waals surface area contributed by atoms with Crippen molar-refractivity contribution in [2.24, 2.45) is 11.8 Å². The third kappa shape index (κ3) is 3.43. The van der Waals surface area contributed by atoms with Gasteiger partial charge in [-0.1, -0.05) is 13.8 Å². The first kappa shape index (κ1) is 16.8. The second-order valence-electron chi connectivity index (χ2n) is 5.99. The largest absolute Gasteiger partial charge is 0.335 e. The van der Waals surface area contributed by atoms with Crippen molar-refractivity contribution in [1.29, 1.82) is 0 Å². The molecule has 1 aliphatic heterocycles. The summed E-state index contributed by atoms with van der Waals surface area (Å²) in [5.41, 5.74) is 0. The number of likely N-dealkylation sites (tertiary alicyclic amines) is 1. The van der Waals surface area contributed by atoms with Crippen LogP contribution < -0.4 is 0 Å². The van der Waals surface area contributed by atoms with Gasteiger partial charge in [-0.25, -0.2) is 8.42 Å². The first-order chi connectivity index (χ1) is 9.61. The van der Waals surface area contributed by atoms with Gasteiger partial charge in [-0.15, -0.1) is 11.3 Å². The number of amides is 1. The molecule has 3 atom stereocenters. The van der Waals surface area contributed by atoms with Gasteiger partial charge in [0.25, 0.3) is 15.0 Å². The molecule has 2 rings (SSSR count). The van der Waals surface area contributed by atoms with E-state index in [1.807, 2.05) is 11.8 Å². The number of thiophene rings is 1. The van der Waals surface area contributed by atoms with E-state index < -0.39 is 9.05 Å². The van der Waals surface area contributed by atoms with Crippen LogP contribution in [-0.4, -0.2) is 31.8 Å². The molecule has 3 unspecified atom stereocenters. The Morgan fingerprint density at radius 3 is 2.52 bits per heavy atom. The van der Waals surface area contributed by atoms with Gasteiger partial charge in [0.1, 0.15) is 0 Å². The lowest BCUT2D eigenvalue weighted by molar-refractivity contribution is 0.0460. The molecule has 1 aliphatic rings. The third-order valence-electron chi connectivity index (χ3n) is 4.20. The van der Waals surface area contributed by atoms with E-state index in [1.54, 1.807) is 6.92 Å². The van der Waals surface area contributed by atoms with Crippen LogP contribution in [-0.2, 0) is 9.05 Å². The number of carbonyl (C=O) groups is 1. The van der Waals surface area contributed by atoms with Crippen molar-refractivity contribution in [1.82, 2.24) is 4.90 Å². The molecule has 1 aromatic rings. The summed E-state index contributed by atoms with van der Waals surface area (Å²) in [6.07, 6.45) is 1.11. The molecule has 1 fully saturated rings. The molecule has 1 amide bonds. The fourth-order valence-corrected chi connectivity index (χ4v) is 5.56. The zero-order chi connectivity index (χ0) is 15.9. The molecule has 0 aromatic carbocycles. The minimum atomic E-state index is -3.80. The van der Waals surface area contributed by atoms with Crippen molar-refractivity contribution in [3.05, 3.63) is 15.8 Å². The fraction of sp³-hybridized carbons (Fsp3) is 0.643. The minimum absolute atomic E-state index is 0.0447. The zero-order valence-electron chi connectivity index (χ0n) is 12.6. The lowest BCUT2D eigenvalue weighted by atomic mass is 9.86.